The van der Waals surface area contributed by atoms with Gasteiger partial charge in [-0.15, -0.1) is 0 Å². The van der Waals surface area contributed by atoms with E-state index in [1.165, 1.54) is 5.69 Å². The summed E-state index contributed by atoms with van der Waals surface area (Å²) in [5.74, 6) is 2.87. The minimum absolute atomic E-state index is 0.449. The maximum absolute atomic E-state index is 6.22. The molecule has 0 spiro atoms. The van der Waals surface area contributed by atoms with Gasteiger partial charge in [-0.3, -0.25) is 4.68 Å². The van der Waals surface area contributed by atoms with Crippen LogP contribution in [0.3, 0.4) is 0 Å². The van der Waals surface area contributed by atoms with Gasteiger partial charge in [0.25, 0.3) is 0 Å². The molecule has 1 aliphatic heterocycles. The average molecular weight is 368 g/mol. The van der Waals surface area contributed by atoms with Crippen LogP contribution >= 0.6 is 0 Å². The number of aryl methyl sites for hydroxylation is 1. The van der Waals surface area contributed by atoms with Crippen LogP contribution in [0.4, 0.5) is 11.8 Å². The first-order valence-electron chi connectivity index (χ1n) is 9.02. The number of nitrogen functional groups attached to an aromatic ring is 1. The van der Waals surface area contributed by atoms with E-state index in [2.05, 4.69) is 21.0 Å². The lowest BCUT2D eigenvalue weighted by Crippen LogP contribution is -2.34. The molecule has 3 aromatic rings. The molecule has 8 heteroatoms. The number of hydrogen-bond acceptors (Lipinski definition) is 7. The third-order valence-corrected chi connectivity index (χ3v) is 5.27. The quantitative estimate of drug-likeness (QED) is 0.756. The Kier molecular flexibility index (Phi) is 4.47. The predicted molar refractivity (Wildman–Crippen MR) is 104 cm³/mol. The summed E-state index contributed by atoms with van der Waals surface area (Å²) in [5, 5.41) is 5.05. The largest absolute Gasteiger partial charge is 0.493 e. The number of anilines is 2. The first-order chi connectivity index (χ1) is 13.1. The van der Waals surface area contributed by atoms with Crippen molar-refractivity contribution in [1.29, 1.82) is 0 Å². The zero-order chi connectivity index (χ0) is 19.0. The van der Waals surface area contributed by atoms with Gasteiger partial charge in [0, 0.05) is 49.4 Å². The second-order valence-electron chi connectivity index (χ2n) is 6.77. The van der Waals surface area contributed by atoms with Crippen LogP contribution in [0.1, 0.15) is 24.5 Å². The van der Waals surface area contributed by atoms with Crippen molar-refractivity contribution in [3.63, 3.8) is 0 Å². The summed E-state index contributed by atoms with van der Waals surface area (Å²) in [4.78, 5) is 11.5. The number of rotatable bonds is 4. The summed E-state index contributed by atoms with van der Waals surface area (Å²) in [6, 6.07) is 5.77. The summed E-state index contributed by atoms with van der Waals surface area (Å²) in [6.45, 7) is 1.77. The highest BCUT2D eigenvalue weighted by Crippen LogP contribution is 2.35. The number of fused-ring (bicyclic) bond motifs is 1. The third-order valence-electron chi connectivity index (χ3n) is 5.27. The fraction of sp³-hybridized carbons (Fsp3) is 0.421. The van der Waals surface area contributed by atoms with Crippen molar-refractivity contribution < 1.29 is 9.47 Å². The van der Waals surface area contributed by atoms with Gasteiger partial charge in [0.1, 0.15) is 5.82 Å². The number of hydrogen-bond donors (Lipinski definition) is 1. The molecule has 0 bridgehead atoms. The molecule has 0 saturated carbocycles. The summed E-state index contributed by atoms with van der Waals surface area (Å²) in [5.41, 5.74) is 8.25. The molecule has 1 aromatic carbocycles. The van der Waals surface area contributed by atoms with E-state index in [-0.39, 0.29) is 0 Å². The molecule has 27 heavy (non-hydrogen) atoms. The predicted octanol–water partition coefficient (Wildman–Crippen LogP) is 2.35. The summed E-state index contributed by atoms with van der Waals surface area (Å²) >= 11 is 0. The Balaban J connectivity index is 1.60. The number of ether oxygens (including phenoxy) is 2. The monoisotopic (exact) mass is 368 g/mol. The molecule has 0 atom stereocenters. The van der Waals surface area contributed by atoms with Crippen molar-refractivity contribution in [2.75, 3.05) is 37.9 Å². The Bertz CT molecular complexity index is 962. The molecule has 2 aromatic heterocycles. The molecule has 0 amide bonds. The minimum atomic E-state index is 0.449. The second-order valence-corrected chi connectivity index (χ2v) is 6.77. The molecule has 0 aliphatic carbocycles. The Hall–Kier alpha value is -3.03. The van der Waals surface area contributed by atoms with Crippen LogP contribution in [-0.4, -0.2) is 47.1 Å². The zero-order valence-corrected chi connectivity index (χ0v) is 15.8. The lowest BCUT2D eigenvalue weighted by atomic mass is 9.93. The van der Waals surface area contributed by atoms with Crippen molar-refractivity contribution in [1.82, 2.24) is 19.7 Å². The minimum Gasteiger partial charge on any atom is -0.493 e. The van der Waals surface area contributed by atoms with Gasteiger partial charge in [-0.05, 0) is 25.0 Å². The van der Waals surface area contributed by atoms with E-state index < -0.39 is 0 Å². The van der Waals surface area contributed by atoms with Gasteiger partial charge in [-0.25, -0.2) is 4.98 Å². The maximum atomic E-state index is 6.22. The Labute approximate surface area is 157 Å². The number of benzene rings is 1. The van der Waals surface area contributed by atoms with Crippen LogP contribution < -0.4 is 20.1 Å². The Morgan fingerprint density at radius 1 is 1.07 bits per heavy atom. The molecule has 4 rings (SSSR count). The van der Waals surface area contributed by atoms with Gasteiger partial charge in [0.15, 0.2) is 11.5 Å². The molecular formula is C19H24N6O2. The Morgan fingerprint density at radius 3 is 2.41 bits per heavy atom. The highest BCUT2D eigenvalue weighted by Gasteiger charge is 2.24. The van der Waals surface area contributed by atoms with Crippen molar-refractivity contribution in [3.05, 3.63) is 30.1 Å². The van der Waals surface area contributed by atoms with Gasteiger partial charge >= 0.3 is 0 Å². The fourth-order valence-electron chi connectivity index (χ4n) is 3.77. The van der Waals surface area contributed by atoms with E-state index in [4.69, 9.17) is 20.2 Å². The smallest absolute Gasteiger partial charge is 0.227 e. The van der Waals surface area contributed by atoms with Gasteiger partial charge < -0.3 is 20.1 Å². The lowest BCUT2D eigenvalue weighted by Gasteiger charge is -2.32. The van der Waals surface area contributed by atoms with E-state index in [0.29, 0.717) is 29.2 Å². The first-order valence-corrected chi connectivity index (χ1v) is 9.02. The summed E-state index contributed by atoms with van der Waals surface area (Å²) < 4.78 is 12.7. The van der Waals surface area contributed by atoms with Gasteiger partial charge in [-0.2, -0.15) is 10.1 Å². The molecule has 1 fully saturated rings. The zero-order valence-electron chi connectivity index (χ0n) is 15.8. The lowest BCUT2D eigenvalue weighted by molar-refractivity contribution is 0.356. The molecule has 8 nitrogen and oxygen atoms in total. The van der Waals surface area contributed by atoms with Crippen LogP contribution in [0.5, 0.6) is 11.5 Å². The second kappa shape index (κ2) is 6.94. The Morgan fingerprint density at radius 2 is 1.78 bits per heavy atom. The summed E-state index contributed by atoms with van der Waals surface area (Å²) in [6.07, 6.45) is 3.93. The van der Waals surface area contributed by atoms with E-state index in [0.717, 1.165) is 36.8 Å². The highest BCUT2D eigenvalue weighted by atomic mass is 16.5. The average Bonchev–Trinajstić information content (AvgIpc) is 3.13. The molecule has 1 saturated heterocycles. The molecule has 142 valence electrons. The van der Waals surface area contributed by atoms with E-state index in [1.807, 2.05) is 30.1 Å². The van der Waals surface area contributed by atoms with Crippen molar-refractivity contribution in [3.8, 4) is 11.5 Å². The molecule has 2 N–H and O–H groups in total. The first kappa shape index (κ1) is 17.4. The van der Waals surface area contributed by atoms with Crippen LogP contribution in [0, 0.1) is 0 Å². The molecule has 3 heterocycles. The highest BCUT2D eigenvalue weighted by molar-refractivity contribution is 5.91. The van der Waals surface area contributed by atoms with E-state index >= 15 is 0 Å². The maximum Gasteiger partial charge on any atom is 0.227 e. The van der Waals surface area contributed by atoms with Crippen molar-refractivity contribution in [2.24, 2.45) is 7.05 Å². The number of piperidine rings is 1. The molecule has 0 radical (unpaired) electrons. The van der Waals surface area contributed by atoms with Crippen molar-refractivity contribution in [2.45, 2.75) is 18.8 Å². The van der Waals surface area contributed by atoms with Crippen LogP contribution in [0.2, 0.25) is 0 Å². The number of nitrogens with two attached hydrogens (primary N) is 1. The summed E-state index contributed by atoms with van der Waals surface area (Å²) in [7, 11) is 5.20. The van der Waals surface area contributed by atoms with Crippen molar-refractivity contribution >= 4 is 22.7 Å². The topological polar surface area (TPSA) is 91.3 Å². The third kappa shape index (κ3) is 3.11. The van der Waals surface area contributed by atoms with Gasteiger partial charge in [0.05, 0.1) is 19.7 Å². The van der Waals surface area contributed by atoms with E-state index in [1.54, 1.807) is 14.2 Å². The van der Waals surface area contributed by atoms with Crippen LogP contribution in [0.25, 0.3) is 10.9 Å². The number of methoxy groups -OCH3 is 2. The SMILES string of the molecule is COc1cc2nc(N3CCC(c4ccnn4C)CC3)nc(N)c2cc1OC. The van der Waals surface area contributed by atoms with Gasteiger partial charge in [0.2, 0.25) is 5.95 Å². The van der Waals surface area contributed by atoms with Gasteiger partial charge in [-0.1, -0.05) is 0 Å². The number of aromatic nitrogens is 4. The molecular weight excluding hydrogens is 344 g/mol. The van der Waals surface area contributed by atoms with E-state index in [9.17, 15) is 0 Å². The normalized spacial score (nSPS) is 15.3. The molecule has 1 aliphatic rings. The van der Waals surface area contributed by atoms with Crippen LogP contribution in [-0.2, 0) is 7.05 Å². The van der Waals surface area contributed by atoms with Crippen LogP contribution in [0.15, 0.2) is 24.4 Å². The number of nitrogens with zero attached hydrogens (tertiary/aromatic N) is 5. The standard InChI is InChI=1S/C19H24N6O2/c1-24-15(4-7-21-24)12-5-8-25(9-6-12)19-22-14-11-17(27-3)16(26-2)10-13(14)18(20)23-19/h4,7,10-12H,5-6,8-9H2,1-3H3,(H2,20,22,23). The molecule has 0 unspecified atom stereocenters. The fourth-order valence-corrected chi connectivity index (χ4v) is 3.77.